The number of ether oxygens (including phenoxy) is 2. The molecule has 8 heteroatoms. The predicted octanol–water partition coefficient (Wildman–Crippen LogP) is 2.97. The van der Waals surface area contributed by atoms with E-state index in [1.165, 1.54) is 6.08 Å². The van der Waals surface area contributed by atoms with Gasteiger partial charge in [-0.1, -0.05) is 18.2 Å². The molecule has 3 atom stereocenters. The first-order chi connectivity index (χ1) is 14.1. The molecule has 0 aromatic rings. The molecule has 1 rings (SSSR count). The van der Waals surface area contributed by atoms with E-state index in [9.17, 15) is 14.4 Å². The summed E-state index contributed by atoms with van der Waals surface area (Å²) in [6, 6.07) is -1.35. The minimum atomic E-state index is -0.892. The average molecular weight is 425 g/mol. The Morgan fingerprint density at radius 3 is 2.63 bits per heavy atom. The Bertz CT molecular complexity index is 624. The highest BCUT2D eigenvalue weighted by Gasteiger charge is 2.26. The van der Waals surface area contributed by atoms with E-state index in [4.69, 9.17) is 14.6 Å². The molecule has 0 aliphatic carbocycles. The molecule has 3 N–H and O–H groups in total. The minimum Gasteiger partial charge on any atom is -0.480 e. The van der Waals surface area contributed by atoms with E-state index >= 15 is 0 Å². The molecule has 30 heavy (non-hydrogen) atoms. The molecule has 1 aliphatic heterocycles. The molecular weight excluding hydrogens is 388 g/mol. The number of nitrogens with one attached hydrogen (secondary N) is 2. The first-order valence-corrected chi connectivity index (χ1v) is 10.5. The number of alkyl carbamates (subject to hydrolysis) is 1. The second-order valence-electron chi connectivity index (χ2n) is 8.34. The van der Waals surface area contributed by atoms with E-state index in [-0.39, 0.29) is 11.9 Å². The number of likely N-dealkylation sites (N-methyl/N-ethyl adjacent to an activating group) is 1. The fourth-order valence-corrected chi connectivity index (χ4v) is 3.01. The molecule has 0 spiro atoms. The first kappa shape index (κ1) is 25.8. The summed E-state index contributed by atoms with van der Waals surface area (Å²) in [4.78, 5) is 35.9. The van der Waals surface area contributed by atoms with Gasteiger partial charge in [0, 0.05) is 6.42 Å². The molecule has 1 heterocycles. The normalized spacial score (nSPS) is 19.1. The van der Waals surface area contributed by atoms with Gasteiger partial charge < -0.3 is 25.2 Å². The monoisotopic (exact) mass is 424 g/mol. The number of hydrogen-bond donors (Lipinski definition) is 3. The number of aliphatic carboxylic acids is 1. The molecule has 0 fully saturated rings. The number of carboxylic acid groups (broad SMARTS) is 1. The Morgan fingerprint density at radius 2 is 2.00 bits per heavy atom. The van der Waals surface area contributed by atoms with Crippen molar-refractivity contribution in [1.82, 2.24) is 10.6 Å². The lowest BCUT2D eigenvalue weighted by Crippen LogP contribution is -2.45. The van der Waals surface area contributed by atoms with Crippen molar-refractivity contribution in [3.63, 3.8) is 0 Å². The van der Waals surface area contributed by atoms with Crippen LogP contribution in [0.2, 0.25) is 0 Å². The first-order valence-electron chi connectivity index (χ1n) is 10.5. The molecule has 0 aromatic heterocycles. The average Bonchev–Trinajstić information content (AvgIpc) is 2.90. The number of carboxylic acids is 1. The molecule has 170 valence electrons. The zero-order valence-corrected chi connectivity index (χ0v) is 18.5. The summed E-state index contributed by atoms with van der Waals surface area (Å²) in [5.74, 6) is -1.13. The van der Waals surface area contributed by atoms with E-state index in [1.807, 2.05) is 12.2 Å². The van der Waals surface area contributed by atoms with E-state index in [0.717, 1.165) is 6.42 Å². The second kappa shape index (κ2) is 13.2. The molecule has 0 saturated heterocycles. The van der Waals surface area contributed by atoms with Crippen LogP contribution in [0.25, 0.3) is 0 Å². The van der Waals surface area contributed by atoms with E-state index in [2.05, 4.69) is 10.6 Å². The summed E-state index contributed by atoms with van der Waals surface area (Å²) in [6.07, 6.45) is 9.98. The zero-order valence-electron chi connectivity index (χ0n) is 18.5. The van der Waals surface area contributed by atoms with Crippen molar-refractivity contribution < 1.29 is 29.0 Å². The Labute approximate surface area is 179 Å². The van der Waals surface area contributed by atoms with E-state index in [1.54, 1.807) is 33.9 Å². The lowest BCUT2D eigenvalue weighted by molar-refractivity contribution is -0.139. The Balaban J connectivity index is 2.66. The maximum Gasteiger partial charge on any atom is 0.408 e. The molecule has 1 aliphatic rings. The van der Waals surface area contributed by atoms with Crippen molar-refractivity contribution >= 4 is 17.8 Å². The number of rotatable bonds is 11. The van der Waals surface area contributed by atoms with Crippen molar-refractivity contribution in [2.75, 3.05) is 13.7 Å². The van der Waals surface area contributed by atoms with Crippen LogP contribution in [-0.2, 0) is 19.1 Å². The highest BCUT2D eigenvalue weighted by molar-refractivity contribution is 5.96. The highest BCUT2D eigenvalue weighted by atomic mass is 16.6. The van der Waals surface area contributed by atoms with Gasteiger partial charge in [0.05, 0.1) is 18.8 Å². The summed E-state index contributed by atoms with van der Waals surface area (Å²) >= 11 is 0. The molecule has 0 radical (unpaired) electrons. The van der Waals surface area contributed by atoms with Crippen LogP contribution < -0.4 is 10.6 Å². The van der Waals surface area contributed by atoms with Gasteiger partial charge in [0.2, 0.25) is 0 Å². The van der Waals surface area contributed by atoms with Crippen molar-refractivity contribution in [3.05, 3.63) is 24.3 Å². The summed E-state index contributed by atoms with van der Waals surface area (Å²) in [5, 5.41) is 14.4. The number of carbonyl (C=O) groups is 3. The van der Waals surface area contributed by atoms with Gasteiger partial charge in [-0.3, -0.25) is 9.59 Å². The lowest BCUT2D eigenvalue weighted by Gasteiger charge is -2.25. The van der Waals surface area contributed by atoms with Crippen LogP contribution in [0.1, 0.15) is 59.3 Å². The summed E-state index contributed by atoms with van der Waals surface area (Å²) in [7, 11) is 1.61. The van der Waals surface area contributed by atoms with Crippen LogP contribution in [0.4, 0.5) is 4.79 Å². The zero-order chi connectivity index (χ0) is 22.6. The third kappa shape index (κ3) is 11.1. The van der Waals surface area contributed by atoms with Gasteiger partial charge in [-0.15, -0.1) is 0 Å². The number of amides is 1. The molecule has 0 aromatic carbocycles. The Hall–Kier alpha value is -2.19. The maximum atomic E-state index is 12.7. The van der Waals surface area contributed by atoms with E-state index in [0.29, 0.717) is 38.7 Å². The van der Waals surface area contributed by atoms with Gasteiger partial charge in [-0.25, -0.2) is 4.79 Å². The Kier molecular flexibility index (Phi) is 11.4. The Morgan fingerprint density at radius 1 is 1.27 bits per heavy atom. The van der Waals surface area contributed by atoms with Crippen LogP contribution in [0.3, 0.4) is 0 Å². The third-order valence-corrected chi connectivity index (χ3v) is 4.53. The van der Waals surface area contributed by atoms with Gasteiger partial charge in [0.1, 0.15) is 11.6 Å². The van der Waals surface area contributed by atoms with Crippen LogP contribution in [0.15, 0.2) is 24.3 Å². The summed E-state index contributed by atoms with van der Waals surface area (Å²) in [6.45, 7) is 5.87. The standard InChI is InChI=1S/C22H36N2O6/c1-22(2,3)30-21(28)24-18(15-16-11-7-6-10-14-29-16)19(25)13-9-5-8-12-17(23-4)20(26)27/h6-7,9,13,16-18,23H,5,8,10-12,14-15H2,1-4H3,(H,24,28)(H,26,27)/b13-9-/t16-,17+,18?/m1/s1. The number of unbranched alkanes of at least 4 members (excludes halogenated alkanes) is 1. The smallest absolute Gasteiger partial charge is 0.408 e. The van der Waals surface area contributed by atoms with Crippen LogP contribution in [-0.4, -0.2) is 60.4 Å². The fraction of sp³-hybridized carbons (Fsp3) is 0.682. The minimum absolute atomic E-state index is 0.159. The van der Waals surface area contributed by atoms with Crippen molar-refractivity contribution in [1.29, 1.82) is 0 Å². The van der Waals surface area contributed by atoms with Gasteiger partial charge in [0.15, 0.2) is 5.78 Å². The number of carbonyl (C=O) groups excluding carboxylic acids is 2. The molecule has 8 nitrogen and oxygen atoms in total. The van der Waals surface area contributed by atoms with Crippen molar-refractivity contribution in [2.24, 2.45) is 0 Å². The van der Waals surface area contributed by atoms with Gasteiger partial charge in [-0.2, -0.15) is 0 Å². The van der Waals surface area contributed by atoms with Gasteiger partial charge in [0.25, 0.3) is 0 Å². The van der Waals surface area contributed by atoms with Gasteiger partial charge >= 0.3 is 12.1 Å². The number of allylic oxidation sites excluding steroid dienone is 1. The topological polar surface area (TPSA) is 114 Å². The van der Waals surface area contributed by atoms with Crippen molar-refractivity contribution in [3.8, 4) is 0 Å². The predicted molar refractivity (Wildman–Crippen MR) is 114 cm³/mol. The van der Waals surface area contributed by atoms with E-state index < -0.39 is 29.7 Å². The molecule has 0 saturated carbocycles. The maximum absolute atomic E-state index is 12.7. The molecule has 1 unspecified atom stereocenters. The van der Waals surface area contributed by atoms with Crippen LogP contribution in [0.5, 0.6) is 0 Å². The number of ketones is 1. The molecular formula is C22H36N2O6. The quantitative estimate of drug-likeness (QED) is 0.265. The van der Waals surface area contributed by atoms with Crippen molar-refractivity contribution in [2.45, 2.75) is 83.1 Å². The third-order valence-electron chi connectivity index (χ3n) is 4.53. The second-order valence-corrected chi connectivity index (χ2v) is 8.34. The highest BCUT2D eigenvalue weighted by Crippen LogP contribution is 2.15. The largest absolute Gasteiger partial charge is 0.480 e. The SMILES string of the molecule is CN[C@@H](CCC/C=C\C(=O)C(C[C@H]1CC=CCCO1)NC(=O)OC(C)(C)C)C(=O)O. The van der Waals surface area contributed by atoms with Crippen LogP contribution in [0, 0.1) is 0 Å². The number of hydrogen-bond acceptors (Lipinski definition) is 6. The van der Waals surface area contributed by atoms with Crippen LogP contribution >= 0.6 is 0 Å². The summed E-state index contributed by atoms with van der Waals surface area (Å²) < 4.78 is 11.1. The van der Waals surface area contributed by atoms with Gasteiger partial charge in [-0.05, 0) is 66.0 Å². The molecule has 1 amide bonds. The fourth-order valence-electron chi connectivity index (χ4n) is 3.01. The lowest BCUT2D eigenvalue weighted by atomic mass is 10.0. The summed E-state index contributed by atoms with van der Waals surface area (Å²) in [5.41, 5.74) is -0.664. The molecule has 0 bridgehead atoms.